The van der Waals surface area contributed by atoms with E-state index in [0.29, 0.717) is 18.1 Å². The van der Waals surface area contributed by atoms with E-state index >= 15 is 0 Å². The topological polar surface area (TPSA) is 55.8 Å². The van der Waals surface area contributed by atoms with Gasteiger partial charge in [0.25, 0.3) is 0 Å². The van der Waals surface area contributed by atoms with E-state index in [9.17, 15) is 0 Å². The zero-order valence-corrected chi connectivity index (χ0v) is 10.6. The number of ether oxygens (including phenoxy) is 1. The van der Waals surface area contributed by atoms with Crippen LogP contribution in [0.5, 0.6) is 0 Å². The van der Waals surface area contributed by atoms with Crippen LogP contribution in [0, 0.1) is 0 Å². The standard InChI is InChI=1S/C12H14N4OS/c13-12(18)9-8-15(6-7-17-9)11-3-1-2-10-14-4-5-16(10)11/h1-5,9H,6-8H2,(H2,13,18). The number of nitrogens with two attached hydrogens (primary N) is 1. The Morgan fingerprint density at radius 1 is 1.50 bits per heavy atom. The van der Waals surface area contributed by atoms with Crippen LogP contribution < -0.4 is 10.6 Å². The molecule has 0 saturated carbocycles. The second kappa shape index (κ2) is 4.55. The summed E-state index contributed by atoms with van der Waals surface area (Å²) in [6.07, 6.45) is 3.58. The van der Waals surface area contributed by atoms with Crippen LogP contribution in [0.1, 0.15) is 0 Å². The minimum absolute atomic E-state index is 0.174. The van der Waals surface area contributed by atoms with Crippen molar-refractivity contribution in [2.75, 3.05) is 24.6 Å². The Morgan fingerprint density at radius 3 is 3.22 bits per heavy atom. The maximum absolute atomic E-state index is 5.66. The van der Waals surface area contributed by atoms with E-state index in [0.717, 1.165) is 18.0 Å². The molecule has 1 unspecified atom stereocenters. The van der Waals surface area contributed by atoms with Crippen molar-refractivity contribution in [1.82, 2.24) is 9.38 Å². The van der Waals surface area contributed by atoms with E-state index < -0.39 is 0 Å². The molecule has 1 saturated heterocycles. The largest absolute Gasteiger partial charge is 0.391 e. The number of morpholine rings is 1. The fourth-order valence-electron chi connectivity index (χ4n) is 2.22. The zero-order chi connectivity index (χ0) is 12.5. The molecule has 5 nitrogen and oxygen atoms in total. The fourth-order valence-corrected chi connectivity index (χ4v) is 2.36. The number of fused-ring (bicyclic) bond motifs is 1. The number of hydrogen-bond donors (Lipinski definition) is 1. The van der Waals surface area contributed by atoms with Crippen LogP contribution in [0.25, 0.3) is 5.65 Å². The second-order valence-corrected chi connectivity index (χ2v) is 4.72. The molecule has 2 aromatic rings. The maximum Gasteiger partial charge on any atom is 0.138 e. The minimum Gasteiger partial charge on any atom is -0.391 e. The van der Waals surface area contributed by atoms with E-state index in [2.05, 4.69) is 20.4 Å². The summed E-state index contributed by atoms with van der Waals surface area (Å²) in [5, 5.41) is 0. The number of nitrogens with zero attached hydrogens (tertiary/aromatic N) is 3. The van der Waals surface area contributed by atoms with Gasteiger partial charge in [-0.1, -0.05) is 18.3 Å². The van der Waals surface area contributed by atoms with Crippen molar-refractivity contribution in [3.05, 3.63) is 30.6 Å². The predicted octanol–water partition coefficient (Wildman–Crippen LogP) is 0.826. The van der Waals surface area contributed by atoms with Crippen molar-refractivity contribution in [3.8, 4) is 0 Å². The monoisotopic (exact) mass is 262 g/mol. The van der Waals surface area contributed by atoms with Gasteiger partial charge in [0.1, 0.15) is 22.6 Å². The molecule has 0 amide bonds. The molecule has 0 spiro atoms. The Balaban J connectivity index is 1.94. The summed E-state index contributed by atoms with van der Waals surface area (Å²) in [7, 11) is 0. The first-order chi connectivity index (χ1) is 8.75. The Labute approximate surface area is 110 Å². The average molecular weight is 262 g/mol. The van der Waals surface area contributed by atoms with Crippen molar-refractivity contribution in [2.45, 2.75) is 6.10 Å². The van der Waals surface area contributed by atoms with Gasteiger partial charge in [0, 0.05) is 18.9 Å². The third kappa shape index (κ3) is 1.93. The molecule has 3 heterocycles. The molecule has 6 heteroatoms. The first-order valence-electron chi connectivity index (χ1n) is 5.83. The molecule has 18 heavy (non-hydrogen) atoms. The van der Waals surface area contributed by atoms with Gasteiger partial charge >= 0.3 is 0 Å². The van der Waals surface area contributed by atoms with E-state index in [-0.39, 0.29) is 6.10 Å². The molecule has 1 aliphatic heterocycles. The van der Waals surface area contributed by atoms with E-state index in [1.54, 1.807) is 6.20 Å². The zero-order valence-electron chi connectivity index (χ0n) is 9.82. The van der Waals surface area contributed by atoms with Gasteiger partial charge in [-0.15, -0.1) is 0 Å². The number of pyridine rings is 1. The first-order valence-corrected chi connectivity index (χ1v) is 6.24. The summed E-state index contributed by atoms with van der Waals surface area (Å²) < 4.78 is 7.61. The molecule has 3 rings (SSSR count). The van der Waals surface area contributed by atoms with E-state index in [4.69, 9.17) is 22.7 Å². The van der Waals surface area contributed by atoms with Crippen LogP contribution in [0.2, 0.25) is 0 Å². The lowest BCUT2D eigenvalue weighted by Crippen LogP contribution is -2.48. The van der Waals surface area contributed by atoms with Crippen LogP contribution in [-0.4, -0.2) is 40.2 Å². The third-order valence-electron chi connectivity index (χ3n) is 3.11. The molecule has 1 atom stereocenters. The van der Waals surface area contributed by atoms with E-state index in [1.165, 1.54) is 0 Å². The normalized spacial score (nSPS) is 20.2. The number of hydrogen-bond acceptors (Lipinski definition) is 4. The van der Waals surface area contributed by atoms with Crippen LogP contribution in [-0.2, 0) is 4.74 Å². The molecular weight excluding hydrogens is 248 g/mol. The summed E-state index contributed by atoms with van der Waals surface area (Å²) in [5.74, 6) is 1.09. The summed E-state index contributed by atoms with van der Waals surface area (Å²) in [4.78, 5) is 6.92. The predicted molar refractivity (Wildman–Crippen MR) is 73.9 cm³/mol. The van der Waals surface area contributed by atoms with Gasteiger partial charge in [0.15, 0.2) is 0 Å². The summed E-state index contributed by atoms with van der Waals surface area (Å²) >= 11 is 5.00. The smallest absolute Gasteiger partial charge is 0.138 e. The van der Waals surface area contributed by atoms with Crippen molar-refractivity contribution in [3.63, 3.8) is 0 Å². The van der Waals surface area contributed by atoms with Crippen molar-refractivity contribution >= 4 is 28.7 Å². The Bertz CT molecular complexity index is 582. The van der Waals surface area contributed by atoms with Crippen molar-refractivity contribution in [1.29, 1.82) is 0 Å². The Morgan fingerprint density at radius 2 is 2.39 bits per heavy atom. The number of thiocarbonyl (C=S) groups is 1. The minimum atomic E-state index is -0.174. The number of imidazole rings is 1. The van der Waals surface area contributed by atoms with Crippen LogP contribution in [0.4, 0.5) is 5.82 Å². The van der Waals surface area contributed by atoms with Gasteiger partial charge in [-0.05, 0) is 12.1 Å². The van der Waals surface area contributed by atoms with Gasteiger partial charge in [-0.2, -0.15) is 0 Å². The quantitative estimate of drug-likeness (QED) is 0.812. The number of rotatable bonds is 2. The highest BCUT2D eigenvalue weighted by Gasteiger charge is 2.23. The molecule has 94 valence electrons. The van der Waals surface area contributed by atoms with Crippen LogP contribution in [0.15, 0.2) is 30.6 Å². The maximum atomic E-state index is 5.66. The molecule has 0 bridgehead atoms. The Hall–Kier alpha value is -1.66. The molecule has 0 aliphatic carbocycles. The van der Waals surface area contributed by atoms with Crippen LogP contribution in [0.3, 0.4) is 0 Å². The summed E-state index contributed by atoms with van der Waals surface area (Å²) in [6.45, 7) is 2.15. The lowest BCUT2D eigenvalue weighted by molar-refractivity contribution is 0.0843. The lowest BCUT2D eigenvalue weighted by atomic mass is 10.2. The molecule has 1 fully saturated rings. The van der Waals surface area contributed by atoms with Gasteiger partial charge < -0.3 is 15.4 Å². The van der Waals surface area contributed by atoms with Gasteiger partial charge in [-0.25, -0.2) is 4.98 Å². The summed E-state index contributed by atoms with van der Waals surface area (Å²) in [6, 6.07) is 6.05. The van der Waals surface area contributed by atoms with Crippen molar-refractivity contribution < 1.29 is 4.74 Å². The molecule has 0 radical (unpaired) electrons. The number of anilines is 1. The van der Waals surface area contributed by atoms with Crippen LogP contribution >= 0.6 is 12.2 Å². The molecule has 2 N–H and O–H groups in total. The summed E-state index contributed by atoms with van der Waals surface area (Å²) in [5.41, 5.74) is 6.60. The van der Waals surface area contributed by atoms with Gasteiger partial charge in [-0.3, -0.25) is 4.40 Å². The first kappa shape index (κ1) is 11.4. The lowest BCUT2D eigenvalue weighted by Gasteiger charge is -2.34. The molecule has 0 aromatic carbocycles. The SMILES string of the molecule is NC(=S)C1CN(c2cccc3nccn23)CCO1. The highest BCUT2D eigenvalue weighted by Crippen LogP contribution is 2.19. The number of aromatic nitrogens is 2. The van der Waals surface area contributed by atoms with E-state index in [1.807, 2.05) is 18.3 Å². The molecular formula is C12H14N4OS. The molecule has 2 aromatic heterocycles. The second-order valence-electron chi connectivity index (χ2n) is 4.25. The fraction of sp³-hybridized carbons (Fsp3) is 0.333. The average Bonchev–Trinajstić information content (AvgIpc) is 2.87. The Kier molecular flexibility index (Phi) is 2.89. The highest BCUT2D eigenvalue weighted by atomic mass is 32.1. The van der Waals surface area contributed by atoms with Gasteiger partial charge in [0.05, 0.1) is 13.2 Å². The van der Waals surface area contributed by atoms with Crippen molar-refractivity contribution in [2.24, 2.45) is 5.73 Å². The van der Waals surface area contributed by atoms with Gasteiger partial charge in [0.2, 0.25) is 0 Å². The highest BCUT2D eigenvalue weighted by molar-refractivity contribution is 7.80. The third-order valence-corrected chi connectivity index (χ3v) is 3.38. The molecule has 1 aliphatic rings.